The van der Waals surface area contributed by atoms with Crippen molar-refractivity contribution in [3.63, 3.8) is 0 Å². The Bertz CT molecular complexity index is 925. The summed E-state index contributed by atoms with van der Waals surface area (Å²) in [6.45, 7) is 3.33. The fourth-order valence-corrected chi connectivity index (χ4v) is 4.78. The van der Waals surface area contributed by atoms with Gasteiger partial charge in [0, 0.05) is 29.2 Å². The predicted molar refractivity (Wildman–Crippen MR) is 111 cm³/mol. The van der Waals surface area contributed by atoms with E-state index in [0.29, 0.717) is 38.3 Å². The number of morpholine rings is 1. The fourth-order valence-electron chi connectivity index (χ4n) is 3.07. The highest BCUT2D eigenvalue weighted by Crippen LogP contribution is 2.19. The smallest absolute Gasteiger partial charge is 0.251 e. The lowest BCUT2D eigenvalue weighted by Gasteiger charge is -2.26. The largest absolute Gasteiger partial charge is 0.379 e. The van der Waals surface area contributed by atoms with Crippen molar-refractivity contribution in [1.82, 2.24) is 9.62 Å². The standard InChI is InChI=1S/C20H23BrN2O4S/c1-15(13-16-5-7-18(21)8-6-16)22-20(24)17-3-2-4-19(14-17)28(25,26)23-9-11-27-12-10-23/h2-8,14-15H,9-13H2,1H3,(H,22,24). The molecule has 1 unspecified atom stereocenters. The number of sulfonamides is 1. The molecule has 1 saturated heterocycles. The number of rotatable bonds is 6. The minimum absolute atomic E-state index is 0.0896. The van der Waals surface area contributed by atoms with Crippen LogP contribution in [0.15, 0.2) is 57.9 Å². The van der Waals surface area contributed by atoms with Crippen LogP contribution in [0.4, 0.5) is 0 Å². The Labute approximate surface area is 174 Å². The zero-order valence-corrected chi connectivity index (χ0v) is 18.0. The first-order valence-corrected chi connectivity index (χ1v) is 11.3. The maximum absolute atomic E-state index is 12.8. The van der Waals surface area contributed by atoms with E-state index in [4.69, 9.17) is 4.74 Å². The first kappa shape index (κ1) is 21.0. The molecule has 0 radical (unpaired) electrons. The highest BCUT2D eigenvalue weighted by molar-refractivity contribution is 9.10. The van der Waals surface area contributed by atoms with E-state index in [1.807, 2.05) is 31.2 Å². The molecule has 0 aliphatic carbocycles. The SMILES string of the molecule is CC(Cc1ccc(Br)cc1)NC(=O)c1cccc(S(=O)(=O)N2CCOCC2)c1. The minimum atomic E-state index is -3.63. The molecule has 0 aromatic heterocycles. The van der Waals surface area contributed by atoms with Crippen molar-refractivity contribution in [3.8, 4) is 0 Å². The summed E-state index contributed by atoms with van der Waals surface area (Å²) in [5.74, 6) is -0.288. The van der Waals surface area contributed by atoms with Crippen molar-refractivity contribution in [3.05, 3.63) is 64.1 Å². The summed E-state index contributed by atoms with van der Waals surface area (Å²) < 4.78 is 33.2. The van der Waals surface area contributed by atoms with Gasteiger partial charge in [0.25, 0.3) is 5.91 Å². The first-order valence-electron chi connectivity index (χ1n) is 9.09. The average molecular weight is 467 g/mol. The number of hydrogen-bond acceptors (Lipinski definition) is 4. The van der Waals surface area contributed by atoms with Gasteiger partial charge in [-0.3, -0.25) is 4.79 Å². The van der Waals surface area contributed by atoms with E-state index in [1.54, 1.807) is 12.1 Å². The van der Waals surface area contributed by atoms with Crippen molar-refractivity contribution in [2.24, 2.45) is 0 Å². The van der Waals surface area contributed by atoms with Crippen LogP contribution in [0.1, 0.15) is 22.8 Å². The van der Waals surface area contributed by atoms with E-state index in [0.717, 1.165) is 10.0 Å². The lowest BCUT2D eigenvalue weighted by molar-refractivity contribution is 0.0730. The van der Waals surface area contributed by atoms with Crippen LogP contribution >= 0.6 is 15.9 Å². The molecule has 6 nitrogen and oxygen atoms in total. The highest BCUT2D eigenvalue weighted by atomic mass is 79.9. The number of carbonyl (C=O) groups is 1. The number of nitrogens with zero attached hydrogens (tertiary/aromatic N) is 1. The van der Waals surface area contributed by atoms with Crippen LogP contribution in [0.25, 0.3) is 0 Å². The molecule has 1 aliphatic rings. The van der Waals surface area contributed by atoms with Gasteiger partial charge in [0.15, 0.2) is 0 Å². The summed E-state index contributed by atoms with van der Waals surface area (Å²) in [5.41, 5.74) is 1.44. The summed E-state index contributed by atoms with van der Waals surface area (Å²) in [7, 11) is -3.63. The van der Waals surface area contributed by atoms with Crippen LogP contribution in [0.2, 0.25) is 0 Å². The lowest BCUT2D eigenvalue weighted by Crippen LogP contribution is -2.40. The van der Waals surface area contributed by atoms with Gasteiger partial charge in [0.2, 0.25) is 10.0 Å². The lowest BCUT2D eigenvalue weighted by atomic mass is 10.1. The van der Waals surface area contributed by atoms with E-state index < -0.39 is 10.0 Å². The number of benzene rings is 2. The number of hydrogen-bond donors (Lipinski definition) is 1. The number of nitrogens with one attached hydrogen (secondary N) is 1. The molecule has 1 amide bonds. The molecule has 1 aliphatic heterocycles. The summed E-state index contributed by atoms with van der Waals surface area (Å²) in [6.07, 6.45) is 0.685. The molecule has 1 fully saturated rings. The quantitative estimate of drug-likeness (QED) is 0.709. The van der Waals surface area contributed by atoms with Gasteiger partial charge in [-0.05, 0) is 49.2 Å². The van der Waals surface area contributed by atoms with Crippen LogP contribution in [-0.4, -0.2) is 51.0 Å². The van der Waals surface area contributed by atoms with E-state index >= 15 is 0 Å². The zero-order valence-electron chi connectivity index (χ0n) is 15.6. The third-order valence-electron chi connectivity index (χ3n) is 4.54. The van der Waals surface area contributed by atoms with E-state index in [1.165, 1.54) is 16.4 Å². The summed E-state index contributed by atoms with van der Waals surface area (Å²) in [6, 6.07) is 14.0. The highest BCUT2D eigenvalue weighted by Gasteiger charge is 2.27. The molecule has 0 spiro atoms. The van der Waals surface area contributed by atoms with Gasteiger partial charge in [-0.15, -0.1) is 0 Å². The maximum atomic E-state index is 12.8. The van der Waals surface area contributed by atoms with Gasteiger partial charge in [-0.2, -0.15) is 4.31 Å². The van der Waals surface area contributed by atoms with E-state index in [9.17, 15) is 13.2 Å². The second kappa shape index (κ2) is 9.17. The van der Waals surface area contributed by atoms with Crippen molar-refractivity contribution in [2.45, 2.75) is 24.3 Å². The molecule has 2 aromatic rings. The normalized spacial score (nSPS) is 16.5. The second-order valence-corrected chi connectivity index (χ2v) is 9.60. The Hall–Kier alpha value is -1.74. The number of carbonyl (C=O) groups excluding carboxylic acids is 1. The van der Waals surface area contributed by atoms with Gasteiger partial charge < -0.3 is 10.1 Å². The van der Waals surface area contributed by atoms with Crippen LogP contribution in [0.3, 0.4) is 0 Å². The van der Waals surface area contributed by atoms with E-state index in [2.05, 4.69) is 21.2 Å². The molecule has 0 bridgehead atoms. The van der Waals surface area contributed by atoms with Gasteiger partial charge >= 0.3 is 0 Å². The molecule has 2 aromatic carbocycles. The van der Waals surface area contributed by atoms with Crippen LogP contribution in [0.5, 0.6) is 0 Å². The van der Waals surface area contributed by atoms with E-state index in [-0.39, 0.29) is 16.8 Å². The Balaban J connectivity index is 1.68. The Morgan fingerprint density at radius 1 is 1.18 bits per heavy atom. The molecular weight excluding hydrogens is 444 g/mol. The summed E-state index contributed by atoms with van der Waals surface area (Å²) >= 11 is 3.40. The molecule has 1 atom stereocenters. The molecule has 1 N–H and O–H groups in total. The summed E-state index contributed by atoms with van der Waals surface area (Å²) in [5, 5.41) is 2.94. The maximum Gasteiger partial charge on any atom is 0.251 e. The van der Waals surface area contributed by atoms with Crippen molar-refractivity contribution >= 4 is 31.9 Å². The van der Waals surface area contributed by atoms with Crippen LogP contribution in [0, 0.1) is 0 Å². The van der Waals surface area contributed by atoms with Crippen LogP contribution in [-0.2, 0) is 21.2 Å². The molecule has 150 valence electrons. The van der Waals surface area contributed by atoms with Crippen molar-refractivity contribution < 1.29 is 17.9 Å². The zero-order chi connectivity index (χ0) is 20.1. The minimum Gasteiger partial charge on any atom is -0.379 e. The Morgan fingerprint density at radius 2 is 1.86 bits per heavy atom. The molecule has 8 heteroatoms. The second-order valence-electron chi connectivity index (χ2n) is 6.75. The van der Waals surface area contributed by atoms with Gasteiger partial charge in [-0.1, -0.05) is 34.1 Å². The third-order valence-corrected chi connectivity index (χ3v) is 6.96. The van der Waals surface area contributed by atoms with Gasteiger partial charge in [-0.25, -0.2) is 8.42 Å². The van der Waals surface area contributed by atoms with Gasteiger partial charge in [0.05, 0.1) is 18.1 Å². The summed E-state index contributed by atoms with van der Waals surface area (Å²) in [4.78, 5) is 12.7. The average Bonchev–Trinajstić information content (AvgIpc) is 2.70. The molecular formula is C20H23BrN2O4S. The molecule has 3 rings (SSSR count). The predicted octanol–water partition coefficient (Wildman–Crippen LogP) is 2.83. The van der Waals surface area contributed by atoms with Crippen molar-refractivity contribution in [1.29, 1.82) is 0 Å². The third kappa shape index (κ3) is 5.20. The Morgan fingerprint density at radius 3 is 2.54 bits per heavy atom. The number of amides is 1. The number of halogens is 1. The molecule has 1 heterocycles. The topological polar surface area (TPSA) is 75.7 Å². The molecule has 28 heavy (non-hydrogen) atoms. The fraction of sp³-hybridized carbons (Fsp3) is 0.350. The van der Waals surface area contributed by atoms with Gasteiger partial charge in [0.1, 0.15) is 0 Å². The first-order chi connectivity index (χ1) is 13.4. The monoisotopic (exact) mass is 466 g/mol. The van der Waals surface area contributed by atoms with Crippen molar-refractivity contribution in [2.75, 3.05) is 26.3 Å². The van der Waals surface area contributed by atoms with Crippen LogP contribution < -0.4 is 5.32 Å². The molecule has 0 saturated carbocycles. The Kier molecular flexibility index (Phi) is 6.87. The number of ether oxygens (including phenoxy) is 1.